The van der Waals surface area contributed by atoms with Crippen molar-refractivity contribution in [1.82, 2.24) is 9.88 Å². The minimum absolute atomic E-state index is 0.114. The number of likely N-dealkylation sites (tertiary alicyclic amines) is 1. The number of pyridine rings is 1. The van der Waals surface area contributed by atoms with E-state index in [0.717, 1.165) is 37.8 Å². The van der Waals surface area contributed by atoms with E-state index in [1.807, 2.05) is 23.1 Å². The van der Waals surface area contributed by atoms with Crippen LogP contribution in [-0.2, 0) is 16.0 Å². The van der Waals surface area contributed by atoms with Crippen LogP contribution in [0.5, 0.6) is 0 Å². The number of aryl methyl sites for hydroxylation is 1. The van der Waals surface area contributed by atoms with E-state index in [1.165, 1.54) is 0 Å². The van der Waals surface area contributed by atoms with Gasteiger partial charge in [0.25, 0.3) is 0 Å². The highest BCUT2D eigenvalue weighted by molar-refractivity contribution is 5.85. The van der Waals surface area contributed by atoms with Crippen LogP contribution in [0.25, 0.3) is 0 Å². The zero-order chi connectivity index (χ0) is 14.7. The SMILES string of the molecule is O=C1CCN(C(=O)CCCc2ccccn2)C2(CCC2)C1. The molecule has 0 unspecified atom stereocenters. The largest absolute Gasteiger partial charge is 0.336 e. The molecule has 1 spiro atoms. The minimum atomic E-state index is -0.114. The lowest BCUT2D eigenvalue weighted by molar-refractivity contribution is -0.149. The standard InChI is InChI=1S/C17H22N2O2/c20-15-8-12-19(17(13-15)9-4-10-17)16(21)7-3-6-14-5-1-2-11-18-14/h1-2,5,11H,3-4,6-10,12-13H2. The number of Topliss-reactive ketones (excluding diaryl/α,β-unsaturated/α-hetero) is 1. The molecule has 2 fully saturated rings. The fourth-order valence-corrected chi connectivity index (χ4v) is 3.55. The molecule has 0 N–H and O–H groups in total. The van der Waals surface area contributed by atoms with Gasteiger partial charge in [-0.1, -0.05) is 6.07 Å². The van der Waals surface area contributed by atoms with Crippen LogP contribution in [0.4, 0.5) is 0 Å². The molecular formula is C17H22N2O2. The van der Waals surface area contributed by atoms with Crippen LogP contribution in [0.3, 0.4) is 0 Å². The first-order chi connectivity index (χ1) is 10.2. The van der Waals surface area contributed by atoms with Crippen molar-refractivity contribution in [2.75, 3.05) is 6.54 Å². The number of nitrogens with zero attached hydrogens (tertiary/aromatic N) is 2. The molecule has 4 nitrogen and oxygen atoms in total. The third kappa shape index (κ3) is 2.99. The summed E-state index contributed by atoms with van der Waals surface area (Å²) in [4.78, 5) is 30.5. The van der Waals surface area contributed by atoms with Crippen molar-refractivity contribution in [1.29, 1.82) is 0 Å². The van der Waals surface area contributed by atoms with Crippen molar-refractivity contribution in [3.05, 3.63) is 30.1 Å². The predicted molar refractivity (Wildman–Crippen MR) is 79.7 cm³/mol. The Morgan fingerprint density at radius 1 is 1.33 bits per heavy atom. The number of carbonyl (C=O) groups is 2. The smallest absolute Gasteiger partial charge is 0.223 e. The van der Waals surface area contributed by atoms with Crippen LogP contribution in [0.2, 0.25) is 0 Å². The van der Waals surface area contributed by atoms with Crippen LogP contribution in [0.1, 0.15) is 50.6 Å². The summed E-state index contributed by atoms with van der Waals surface area (Å²) in [5.41, 5.74) is 0.926. The van der Waals surface area contributed by atoms with Crippen LogP contribution in [-0.4, -0.2) is 33.7 Å². The third-order valence-electron chi connectivity index (χ3n) is 4.85. The first-order valence-corrected chi connectivity index (χ1v) is 7.92. The second-order valence-electron chi connectivity index (χ2n) is 6.26. The third-order valence-corrected chi connectivity index (χ3v) is 4.85. The number of hydrogen-bond acceptors (Lipinski definition) is 3. The Bertz CT molecular complexity index is 523. The van der Waals surface area contributed by atoms with Gasteiger partial charge < -0.3 is 4.90 Å². The molecule has 0 radical (unpaired) electrons. The van der Waals surface area contributed by atoms with Gasteiger partial charge in [0.1, 0.15) is 5.78 Å². The molecule has 1 aromatic rings. The Hall–Kier alpha value is -1.71. The molecule has 3 rings (SSSR count). The molecule has 21 heavy (non-hydrogen) atoms. The molecule has 112 valence electrons. The first-order valence-electron chi connectivity index (χ1n) is 7.92. The maximum atomic E-state index is 12.5. The van der Waals surface area contributed by atoms with Crippen molar-refractivity contribution in [2.24, 2.45) is 0 Å². The van der Waals surface area contributed by atoms with Crippen molar-refractivity contribution < 1.29 is 9.59 Å². The van der Waals surface area contributed by atoms with Crippen LogP contribution >= 0.6 is 0 Å². The van der Waals surface area contributed by atoms with Gasteiger partial charge in [-0.3, -0.25) is 14.6 Å². The number of rotatable bonds is 4. The van der Waals surface area contributed by atoms with E-state index in [2.05, 4.69) is 4.98 Å². The van der Waals surface area contributed by atoms with E-state index < -0.39 is 0 Å². The van der Waals surface area contributed by atoms with Crippen molar-refractivity contribution in [3.63, 3.8) is 0 Å². The average molecular weight is 286 g/mol. The average Bonchev–Trinajstić information content (AvgIpc) is 2.46. The Morgan fingerprint density at radius 2 is 2.19 bits per heavy atom. The number of ketones is 1. The zero-order valence-electron chi connectivity index (χ0n) is 12.4. The number of aromatic nitrogens is 1. The molecule has 1 aliphatic carbocycles. The summed E-state index contributed by atoms with van der Waals surface area (Å²) in [7, 11) is 0. The van der Waals surface area contributed by atoms with Gasteiger partial charge in [-0.05, 0) is 44.2 Å². The summed E-state index contributed by atoms with van der Waals surface area (Å²) in [6, 6.07) is 5.88. The predicted octanol–water partition coefficient (Wildman–Crippen LogP) is 2.52. The van der Waals surface area contributed by atoms with E-state index in [1.54, 1.807) is 6.20 Å². The van der Waals surface area contributed by atoms with Gasteiger partial charge in [0.15, 0.2) is 0 Å². The van der Waals surface area contributed by atoms with E-state index in [0.29, 0.717) is 31.6 Å². The fourth-order valence-electron chi connectivity index (χ4n) is 3.55. The molecule has 1 aliphatic heterocycles. The van der Waals surface area contributed by atoms with Crippen LogP contribution in [0.15, 0.2) is 24.4 Å². The quantitative estimate of drug-likeness (QED) is 0.854. The Kier molecular flexibility index (Phi) is 4.04. The molecule has 2 aliphatic rings. The number of carbonyl (C=O) groups excluding carboxylic acids is 2. The molecule has 0 atom stereocenters. The molecule has 1 saturated carbocycles. The van der Waals surface area contributed by atoms with Gasteiger partial charge >= 0.3 is 0 Å². The zero-order valence-corrected chi connectivity index (χ0v) is 12.4. The van der Waals surface area contributed by atoms with E-state index in [9.17, 15) is 9.59 Å². The summed E-state index contributed by atoms with van der Waals surface area (Å²) >= 11 is 0. The Morgan fingerprint density at radius 3 is 2.86 bits per heavy atom. The Labute approximate surface area is 125 Å². The van der Waals surface area contributed by atoms with Gasteiger partial charge in [-0.15, -0.1) is 0 Å². The first kappa shape index (κ1) is 14.2. The molecule has 2 heterocycles. The highest BCUT2D eigenvalue weighted by Gasteiger charge is 2.47. The maximum absolute atomic E-state index is 12.5. The second-order valence-corrected chi connectivity index (χ2v) is 6.26. The molecule has 1 saturated heterocycles. The number of hydrogen-bond donors (Lipinski definition) is 0. The molecule has 0 bridgehead atoms. The van der Waals surface area contributed by atoms with Crippen molar-refractivity contribution in [2.45, 2.75) is 56.9 Å². The molecular weight excluding hydrogens is 264 g/mol. The molecule has 0 aromatic carbocycles. The topological polar surface area (TPSA) is 50.3 Å². The summed E-state index contributed by atoms with van der Waals surface area (Å²) in [5, 5.41) is 0. The molecule has 4 heteroatoms. The summed E-state index contributed by atoms with van der Waals surface area (Å²) in [6.07, 6.45) is 8.29. The molecule has 1 amide bonds. The second kappa shape index (κ2) is 5.96. The Balaban J connectivity index is 1.54. The minimum Gasteiger partial charge on any atom is -0.336 e. The lowest BCUT2D eigenvalue weighted by Gasteiger charge is -2.52. The lowest BCUT2D eigenvalue weighted by atomic mass is 9.69. The van der Waals surface area contributed by atoms with Gasteiger partial charge in [0.2, 0.25) is 5.91 Å². The highest BCUT2D eigenvalue weighted by atomic mass is 16.2. The highest BCUT2D eigenvalue weighted by Crippen LogP contribution is 2.43. The van der Waals surface area contributed by atoms with E-state index >= 15 is 0 Å². The summed E-state index contributed by atoms with van der Waals surface area (Å²) < 4.78 is 0. The van der Waals surface area contributed by atoms with Gasteiger partial charge in [0.05, 0.1) is 0 Å². The van der Waals surface area contributed by atoms with Crippen molar-refractivity contribution in [3.8, 4) is 0 Å². The lowest BCUT2D eigenvalue weighted by Crippen LogP contribution is -2.60. The fraction of sp³-hybridized carbons (Fsp3) is 0.588. The van der Waals surface area contributed by atoms with Crippen molar-refractivity contribution >= 4 is 11.7 Å². The van der Waals surface area contributed by atoms with Crippen LogP contribution in [0, 0.1) is 0 Å². The van der Waals surface area contributed by atoms with Gasteiger partial charge in [0, 0.05) is 43.2 Å². The monoisotopic (exact) mass is 286 g/mol. The van der Waals surface area contributed by atoms with Crippen LogP contribution < -0.4 is 0 Å². The maximum Gasteiger partial charge on any atom is 0.223 e. The number of amides is 1. The molecule has 1 aromatic heterocycles. The summed E-state index contributed by atoms with van der Waals surface area (Å²) in [5.74, 6) is 0.547. The summed E-state index contributed by atoms with van der Waals surface area (Å²) in [6.45, 7) is 0.626. The van der Waals surface area contributed by atoms with E-state index in [-0.39, 0.29) is 11.4 Å². The van der Waals surface area contributed by atoms with Gasteiger partial charge in [-0.25, -0.2) is 0 Å². The normalized spacial score (nSPS) is 20.4. The van der Waals surface area contributed by atoms with Gasteiger partial charge in [-0.2, -0.15) is 0 Å². The van der Waals surface area contributed by atoms with E-state index in [4.69, 9.17) is 0 Å². The number of piperidine rings is 1.